The van der Waals surface area contributed by atoms with E-state index in [0.29, 0.717) is 18.0 Å². The maximum Gasteiger partial charge on any atom is 0.224 e. The van der Waals surface area contributed by atoms with Gasteiger partial charge >= 0.3 is 0 Å². The summed E-state index contributed by atoms with van der Waals surface area (Å²) in [6.07, 6.45) is 5.03. The van der Waals surface area contributed by atoms with E-state index < -0.39 is 0 Å². The Bertz CT molecular complexity index is 584. The molecule has 0 N–H and O–H groups in total. The number of carbonyl (C=O) groups excluding carboxylic acids is 1. The highest BCUT2D eigenvalue weighted by molar-refractivity contribution is 7.14. The summed E-state index contributed by atoms with van der Waals surface area (Å²) >= 11 is 1.62. The van der Waals surface area contributed by atoms with Crippen LogP contribution in [-0.2, 0) is 19.4 Å². The zero-order valence-corrected chi connectivity index (χ0v) is 11.9. The highest BCUT2D eigenvalue weighted by atomic mass is 32.1. The van der Waals surface area contributed by atoms with Crippen LogP contribution >= 0.6 is 11.3 Å². The number of hydrogen-bond donors (Lipinski definition) is 0. The van der Waals surface area contributed by atoms with Gasteiger partial charge in [0.05, 0.1) is 18.2 Å². The Morgan fingerprint density at radius 2 is 2.37 bits per heavy atom. The van der Waals surface area contributed by atoms with Crippen molar-refractivity contribution in [1.29, 1.82) is 0 Å². The zero-order valence-electron chi connectivity index (χ0n) is 11.1. The molecular formula is C14H16N2O2S. The number of fused-ring (bicyclic) bond motifs is 1. The van der Waals surface area contributed by atoms with Crippen molar-refractivity contribution in [3.05, 3.63) is 33.3 Å². The van der Waals surface area contributed by atoms with Gasteiger partial charge in [0.15, 0.2) is 11.4 Å². The molecule has 0 unspecified atom stereocenters. The molecule has 0 spiro atoms. The normalized spacial score (nSPS) is 13.6. The Balaban J connectivity index is 2.01. The van der Waals surface area contributed by atoms with Crippen LogP contribution in [0.1, 0.15) is 39.2 Å². The van der Waals surface area contributed by atoms with Gasteiger partial charge in [-0.1, -0.05) is 0 Å². The summed E-state index contributed by atoms with van der Waals surface area (Å²) < 4.78 is 6.95. The molecule has 2 aromatic heterocycles. The lowest BCUT2D eigenvalue weighted by atomic mass is 10.2. The summed E-state index contributed by atoms with van der Waals surface area (Å²) in [6, 6.07) is 2.04. The van der Waals surface area contributed by atoms with Crippen LogP contribution in [0, 0.1) is 0 Å². The van der Waals surface area contributed by atoms with Gasteiger partial charge in [0, 0.05) is 11.4 Å². The molecule has 0 saturated heterocycles. The minimum absolute atomic E-state index is 0.0237. The predicted octanol–water partition coefficient (Wildman–Crippen LogP) is 2.69. The summed E-state index contributed by atoms with van der Waals surface area (Å²) in [5.74, 6) is 0.580. The van der Waals surface area contributed by atoms with Crippen molar-refractivity contribution >= 4 is 17.1 Å². The number of hydrogen-bond acceptors (Lipinski definition) is 4. The molecule has 3 rings (SSSR count). The summed E-state index contributed by atoms with van der Waals surface area (Å²) in [5, 5.41) is 4.19. The fraction of sp³-hybridized carbons (Fsp3) is 0.429. The van der Waals surface area contributed by atoms with Crippen LogP contribution < -0.4 is 4.74 Å². The average Bonchev–Trinajstić information content (AvgIpc) is 3.10. The van der Waals surface area contributed by atoms with E-state index >= 15 is 0 Å². The second kappa shape index (κ2) is 4.81. The summed E-state index contributed by atoms with van der Waals surface area (Å²) in [7, 11) is 1.57. The van der Waals surface area contributed by atoms with E-state index in [1.165, 1.54) is 16.9 Å². The molecule has 1 aliphatic carbocycles. The first-order chi connectivity index (χ1) is 9.24. The number of ketones is 1. The van der Waals surface area contributed by atoms with Gasteiger partial charge in [-0.25, -0.2) is 0 Å². The number of aromatic nitrogens is 2. The van der Waals surface area contributed by atoms with Crippen molar-refractivity contribution < 1.29 is 9.53 Å². The van der Waals surface area contributed by atoms with Crippen LogP contribution in [0.4, 0.5) is 0 Å². The molecule has 2 aromatic rings. The van der Waals surface area contributed by atoms with Crippen molar-refractivity contribution in [2.75, 3.05) is 7.11 Å². The van der Waals surface area contributed by atoms with Gasteiger partial charge in [-0.05, 0) is 37.8 Å². The van der Waals surface area contributed by atoms with E-state index in [-0.39, 0.29) is 5.78 Å². The quantitative estimate of drug-likeness (QED) is 0.806. The summed E-state index contributed by atoms with van der Waals surface area (Å²) in [4.78, 5) is 14.8. The van der Waals surface area contributed by atoms with Gasteiger partial charge in [-0.3, -0.25) is 9.48 Å². The molecule has 0 aromatic carbocycles. The van der Waals surface area contributed by atoms with Crippen LogP contribution in [0.25, 0.3) is 0 Å². The van der Waals surface area contributed by atoms with Crippen molar-refractivity contribution in [1.82, 2.24) is 9.78 Å². The maximum absolute atomic E-state index is 12.6. The molecule has 5 heteroatoms. The minimum Gasteiger partial charge on any atom is -0.493 e. The van der Waals surface area contributed by atoms with Crippen molar-refractivity contribution in [2.45, 2.75) is 32.7 Å². The molecule has 4 nitrogen and oxygen atoms in total. The topological polar surface area (TPSA) is 44.1 Å². The predicted molar refractivity (Wildman–Crippen MR) is 74.2 cm³/mol. The first-order valence-corrected chi connectivity index (χ1v) is 7.32. The number of nitrogens with zero attached hydrogens (tertiary/aromatic N) is 2. The zero-order chi connectivity index (χ0) is 13.4. The molecule has 0 bridgehead atoms. The van der Waals surface area contributed by atoms with E-state index in [9.17, 15) is 4.79 Å². The number of thiophene rings is 1. The van der Waals surface area contributed by atoms with Crippen LogP contribution in [0.15, 0.2) is 12.3 Å². The SMILES string of the molecule is CCn1ncc(OC)c1C(=O)c1cc2c(s1)CCC2. The molecule has 0 saturated carbocycles. The van der Waals surface area contributed by atoms with E-state index in [4.69, 9.17) is 4.74 Å². The van der Waals surface area contributed by atoms with Gasteiger partial charge in [0.2, 0.25) is 5.78 Å². The van der Waals surface area contributed by atoms with Crippen LogP contribution in [0.3, 0.4) is 0 Å². The van der Waals surface area contributed by atoms with Crippen molar-refractivity contribution in [2.24, 2.45) is 0 Å². The lowest BCUT2D eigenvalue weighted by Gasteiger charge is -2.04. The highest BCUT2D eigenvalue weighted by Gasteiger charge is 2.24. The minimum atomic E-state index is 0.0237. The standard InChI is InChI=1S/C14H16N2O2S/c1-3-16-13(10(18-2)8-15-16)14(17)12-7-9-5-4-6-11(9)19-12/h7-8H,3-6H2,1-2H3. The summed E-state index contributed by atoms with van der Waals surface area (Å²) in [5.41, 5.74) is 1.90. The van der Waals surface area contributed by atoms with E-state index in [1.807, 2.05) is 13.0 Å². The molecule has 0 fully saturated rings. The largest absolute Gasteiger partial charge is 0.493 e. The van der Waals surface area contributed by atoms with Crippen LogP contribution in [-0.4, -0.2) is 22.7 Å². The van der Waals surface area contributed by atoms with Gasteiger partial charge < -0.3 is 4.74 Å². The van der Waals surface area contributed by atoms with Crippen molar-refractivity contribution in [3.63, 3.8) is 0 Å². The third kappa shape index (κ3) is 1.98. The first-order valence-electron chi connectivity index (χ1n) is 6.50. The molecule has 0 atom stereocenters. The monoisotopic (exact) mass is 276 g/mol. The second-order valence-electron chi connectivity index (χ2n) is 4.62. The summed E-state index contributed by atoms with van der Waals surface area (Å²) in [6.45, 7) is 2.63. The number of aryl methyl sites for hydroxylation is 3. The van der Waals surface area contributed by atoms with Crippen LogP contribution in [0.5, 0.6) is 5.75 Å². The molecule has 1 aliphatic rings. The number of ether oxygens (including phenoxy) is 1. The molecule has 2 heterocycles. The Kier molecular flexibility index (Phi) is 3.14. The smallest absolute Gasteiger partial charge is 0.224 e. The fourth-order valence-electron chi connectivity index (χ4n) is 2.54. The van der Waals surface area contributed by atoms with Crippen LogP contribution in [0.2, 0.25) is 0 Å². The molecule has 0 amide bonds. The highest BCUT2D eigenvalue weighted by Crippen LogP contribution is 2.33. The lowest BCUT2D eigenvalue weighted by Crippen LogP contribution is -2.10. The van der Waals surface area contributed by atoms with E-state index in [0.717, 1.165) is 17.7 Å². The molecule has 100 valence electrons. The molecule has 0 aliphatic heterocycles. The average molecular weight is 276 g/mol. The third-order valence-corrected chi connectivity index (χ3v) is 4.75. The molecular weight excluding hydrogens is 260 g/mol. The fourth-order valence-corrected chi connectivity index (χ4v) is 3.74. The second-order valence-corrected chi connectivity index (χ2v) is 5.76. The lowest BCUT2D eigenvalue weighted by molar-refractivity contribution is 0.102. The van der Waals surface area contributed by atoms with Crippen molar-refractivity contribution in [3.8, 4) is 5.75 Å². The van der Waals surface area contributed by atoms with Gasteiger partial charge in [-0.15, -0.1) is 11.3 Å². The van der Waals surface area contributed by atoms with E-state index in [2.05, 4.69) is 5.10 Å². The molecule has 0 radical (unpaired) electrons. The van der Waals surface area contributed by atoms with Gasteiger partial charge in [0.1, 0.15) is 0 Å². The number of rotatable bonds is 4. The Morgan fingerprint density at radius 1 is 1.53 bits per heavy atom. The Morgan fingerprint density at radius 3 is 3.05 bits per heavy atom. The van der Waals surface area contributed by atoms with Gasteiger partial charge in [-0.2, -0.15) is 5.10 Å². The Hall–Kier alpha value is -1.62. The van der Waals surface area contributed by atoms with Gasteiger partial charge in [0.25, 0.3) is 0 Å². The first kappa shape index (κ1) is 12.4. The Labute approximate surface area is 116 Å². The third-order valence-electron chi connectivity index (χ3n) is 3.51. The molecule has 19 heavy (non-hydrogen) atoms. The number of methoxy groups -OCH3 is 1. The van der Waals surface area contributed by atoms with E-state index in [1.54, 1.807) is 29.3 Å². The maximum atomic E-state index is 12.6. The number of carbonyl (C=O) groups is 1.